The average molecular weight is 509 g/mol. The van der Waals surface area contributed by atoms with Crippen LogP contribution in [0.3, 0.4) is 0 Å². The molecule has 10 nitrogen and oxygen atoms in total. The fourth-order valence-electron chi connectivity index (χ4n) is 4.17. The molecule has 1 aliphatic heterocycles. The molecule has 0 aromatic heterocycles. The lowest BCUT2D eigenvalue weighted by Crippen LogP contribution is -2.49. The van der Waals surface area contributed by atoms with Crippen molar-refractivity contribution < 1.29 is 24.0 Å². The summed E-state index contributed by atoms with van der Waals surface area (Å²) in [5, 5.41) is 17.0. The first kappa shape index (κ1) is 27.4. The largest absolute Gasteiger partial charge is 0.459 e. The van der Waals surface area contributed by atoms with Crippen molar-refractivity contribution in [2.75, 3.05) is 13.1 Å². The molecule has 0 aliphatic carbocycles. The minimum absolute atomic E-state index is 0.0980. The molecule has 196 valence electrons. The van der Waals surface area contributed by atoms with Crippen LogP contribution >= 0.6 is 0 Å². The monoisotopic (exact) mass is 508 g/mol. The molecule has 0 spiro atoms. The molecule has 2 aromatic carbocycles. The molecule has 3 rings (SSSR count). The fraction of sp³-hybridized carbons (Fsp3) is 0.370. The molecule has 10 heteroatoms. The van der Waals surface area contributed by atoms with E-state index >= 15 is 0 Å². The Morgan fingerprint density at radius 2 is 1.89 bits per heavy atom. The normalized spacial score (nSPS) is 15.4. The summed E-state index contributed by atoms with van der Waals surface area (Å²) >= 11 is 0. The van der Waals surface area contributed by atoms with E-state index in [4.69, 9.17) is 4.74 Å². The highest BCUT2D eigenvalue weighted by Crippen LogP contribution is 2.35. The van der Waals surface area contributed by atoms with Crippen molar-refractivity contribution in [3.63, 3.8) is 0 Å². The first-order valence-electron chi connectivity index (χ1n) is 12.2. The average Bonchev–Trinajstić information content (AvgIpc) is 2.86. The number of hydrogen-bond donors (Lipinski definition) is 2. The molecular weight excluding hydrogens is 476 g/mol. The van der Waals surface area contributed by atoms with Gasteiger partial charge in [0.1, 0.15) is 0 Å². The number of non-ortho nitro benzene ring substituents is 1. The van der Waals surface area contributed by atoms with E-state index in [1.165, 1.54) is 23.1 Å². The topological polar surface area (TPSA) is 131 Å². The molecule has 0 saturated carbocycles. The fourth-order valence-corrected chi connectivity index (χ4v) is 4.17. The van der Waals surface area contributed by atoms with Gasteiger partial charge in [0.05, 0.1) is 22.6 Å². The molecular formula is C27H32N4O6. The zero-order valence-corrected chi connectivity index (χ0v) is 21.2. The van der Waals surface area contributed by atoms with Crippen molar-refractivity contribution in [3.05, 3.63) is 87.1 Å². The van der Waals surface area contributed by atoms with Gasteiger partial charge in [-0.25, -0.2) is 9.59 Å². The number of carbonyl (C=O) groups is 3. The Bertz CT molecular complexity index is 1180. The van der Waals surface area contributed by atoms with E-state index in [9.17, 15) is 24.5 Å². The number of ether oxygens (including phenoxy) is 1. The summed E-state index contributed by atoms with van der Waals surface area (Å²) in [6.45, 7) is 5.56. The molecule has 2 aromatic rings. The van der Waals surface area contributed by atoms with Crippen LogP contribution in [0.25, 0.3) is 0 Å². The first-order valence-corrected chi connectivity index (χ1v) is 12.2. The second-order valence-electron chi connectivity index (χ2n) is 9.06. The highest BCUT2D eigenvalue weighted by atomic mass is 16.6. The van der Waals surface area contributed by atoms with E-state index < -0.39 is 29.1 Å². The lowest BCUT2D eigenvalue weighted by Gasteiger charge is -2.38. The van der Waals surface area contributed by atoms with Gasteiger partial charge in [0.15, 0.2) is 0 Å². The number of allylic oxidation sites excluding steroid dienone is 1. The predicted molar refractivity (Wildman–Crippen MR) is 137 cm³/mol. The van der Waals surface area contributed by atoms with E-state index in [1.807, 2.05) is 30.3 Å². The van der Waals surface area contributed by atoms with Crippen LogP contribution in [-0.2, 0) is 20.7 Å². The van der Waals surface area contributed by atoms with Crippen molar-refractivity contribution >= 4 is 23.6 Å². The summed E-state index contributed by atoms with van der Waals surface area (Å²) < 4.78 is 5.43. The second-order valence-corrected chi connectivity index (χ2v) is 9.06. The highest BCUT2D eigenvalue weighted by molar-refractivity contribution is 5.95. The molecule has 3 amide bonds. The molecule has 0 radical (unpaired) electrons. The Morgan fingerprint density at radius 3 is 2.57 bits per heavy atom. The second kappa shape index (κ2) is 12.7. The number of nitro groups is 1. The lowest BCUT2D eigenvalue weighted by atomic mass is 9.93. The van der Waals surface area contributed by atoms with E-state index in [2.05, 4.69) is 10.6 Å². The minimum Gasteiger partial charge on any atom is -0.459 e. The van der Waals surface area contributed by atoms with Crippen molar-refractivity contribution in [1.82, 2.24) is 15.5 Å². The molecule has 1 heterocycles. The van der Waals surface area contributed by atoms with Crippen LogP contribution in [0.4, 0.5) is 10.5 Å². The maximum absolute atomic E-state index is 13.0. The number of nitrogens with one attached hydrogen (secondary N) is 2. The summed E-state index contributed by atoms with van der Waals surface area (Å²) in [4.78, 5) is 50.6. The maximum atomic E-state index is 13.0. The van der Waals surface area contributed by atoms with Crippen LogP contribution in [0.15, 0.2) is 65.9 Å². The van der Waals surface area contributed by atoms with E-state index in [0.717, 1.165) is 5.56 Å². The summed E-state index contributed by atoms with van der Waals surface area (Å²) in [7, 11) is 0. The SMILES string of the molecule is CC1=C(C(=O)OC(C)C)C(c2cccc([N+](=O)[O-])c2)N(CCCNC(=O)CCc2ccccc2)C(=O)N1. The van der Waals surface area contributed by atoms with Crippen LogP contribution in [0, 0.1) is 10.1 Å². The van der Waals surface area contributed by atoms with Gasteiger partial charge in [-0.3, -0.25) is 14.9 Å². The number of urea groups is 1. The highest BCUT2D eigenvalue weighted by Gasteiger charge is 2.39. The van der Waals surface area contributed by atoms with Crippen LogP contribution < -0.4 is 10.6 Å². The quantitative estimate of drug-likeness (QED) is 0.204. The van der Waals surface area contributed by atoms with E-state index in [-0.39, 0.29) is 23.7 Å². The number of aryl methyl sites for hydroxylation is 1. The van der Waals surface area contributed by atoms with Gasteiger partial charge in [0, 0.05) is 37.3 Å². The van der Waals surface area contributed by atoms with Crippen molar-refractivity contribution in [3.8, 4) is 0 Å². The van der Waals surface area contributed by atoms with Gasteiger partial charge in [-0.05, 0) is 44.7 Å². The summed E-state index contributed by atoms with van der Waals surface area (Å²) in [5.74, 6) is -0.706. The summed E-state index contributed by atoms with van der Waals surface area (Å²) in [6.07, 6.45) is 0.997. The number of hydrogen-bond acceptors (Lipinski definition) is 6. The summed E-state index contributed by atoms with van der Waals surface area (Å²) in [5.41, 5.74) is 1.89. The van der Waals surface area contributed by atoms with Crippen molar-refractivity contribution in [2.24, 2.45) is 0 Å². The van der Waals surface area contributed by atoms with Crippen LogP contribution in [0.1, 0.15) is 50.8 Å². The zero-order chi connectivity index (χ0) is 26.9. The van der Waals surface area contributed by atoms with Crippen LogP contribution in [0.5, 0.6) is 0 Å². The maximum Gasteiger partial charge on any atom is 0.338 e. The third-order valence-electron chi connectivity index (χ3n) is 5.89. The van der Waals surface area contributed by atoms with E-state index in [1.54, 1.807) is 26.8 Å². The van der Waals surface area contributed by atoms with Gasteiger partial charge < -0.3 is 20.3 Å². The van der Waals surface area contributed by atoms with Gasteiger partial charge in [-0.1, -0.05) is 42.5 Å². The van der Waals surface area contributed by atoms with E-state index in [0.29, 0.717) is 37.1 Å². The number of carbonyl (C=O) groups excluding carboxylic acids is 3. The van der Waals surface area contributed by atoms with Crippen LogP contribution in [0.2, 0.25) is 0 Å². The Labute approximate surface area is 215 Å². The number of rotatable bonds is 11. The van der Waals surface area contributed by atoms with Crippen molar-refractivity contribution in [2.45, 2.75) is 52.2 Å². The minimum atomic E-state index is -0.881. The van der Waals surface area contributed by atoms with Crippen LogP contribution in [-0.4, -0.2) is 46.9 Å². The Morgan fingerprint density at radius 1 is 1.16 bits per heavy atom. The number of nitrogens with zero attached hydrogens (tertiary/aromatic N) is 2. The van der Waals surface area contributed by atoms with Gasteiger partial charge in [-0.2, -0.15) is 0 Å². The van der Waals surface area contributed by atoms with Gasteiger partial charge in [-0.15, -0.1) is 0 Å². The molecule has 37 heavy (non-hydrogen) atoms. The first-order chi connectivity index (χ1) is 17.7. The number of amides is 3. The van der Waals surface area contributed by atoms with Gasteiger partial charge in [0.2, 0.25) is 5.91 Å². The lowest BCUT2D eigenvalue weighted by molar-refractivity contribution is -0.384. The molecule has 2 N–H and O–H groups in total. The number of esters is 1. The van der Waals surface area contributed by atoms with Crippen molar-refractivity contribution in [1.29, 1.82) is 0 Å². The smallest absolute Gasteiger partial charge is 0.338 e. The molecule has 0 saturated heterocycles. The molecule has 0 fully saturated rings. The standard InChI is InChI=1S/C27H32N4O6/c1-18(2)37-26(33)24-19(3)29-27(34)30(25(24)21-11-7-12-22(17-21)31(35)36)16-8-15-28-23(32)14-13-20-9-5-4-6-10-20/h4-7,9-12,17-18,25H,8,13-16H2,1-3H3,(H,28,32)(H,29,34). The van der Waals surface area contributed by atoms with Gasteiger partial charge in [0.25, 0.3) is 5.69 Å². The molecule has 1 aliphatic rings. The molecule has 0 bridgehead atoms. The Hall–Kier alpha value is -4.21. The number of benzene rings is 2. The third kappa shape index (κ3) is 7.39. The molecule has 1 atom stereocenters. The Balaban J connectivity index is 1.74. The van der Waals surface area contributed by atoms with Gasteiger partial charge >= 0.3 is 12.0 Å². The number of nitro benzene ring substituents is 1. The summed E-state index contributed by atoms with van der Waals surface area (Å²) in [6, 6.07) is 14.3. The molecule has 1 unspecified atom stereocenters. The zero-order valence-electron chi connectivity index (χ0n) is 21.2. The Kier molecular flexibility index (Phi) is 9.37. The third-order valence-corrected chi connectivity index (χ3v) is 5.89. The predicted octanol–water partition coefficient (Wildman–Crippen LogP) is 4.03.